The fourth-order valence-corrected chi connectivity index (χ4v) is 4.01. The molecule has 0 aliphatic heterocycles. The van der Waals surface area contributed by atoms with E-state index >= 15 is 0 Å². The van der Waals surface area contributed by atoms with Crippen molar-refractivity contribution in [1.82, 2.24) is 19.1 Å². The minimum Gasteiger partial charge on any atom is -0.368 e. The molecule has 2 aromatic carbocycles. The van der Waals surface area contributed by atoms with Crippen LogP contribution in [0.5, 0.6) is 0 Å². The smallest absolute Gasteiger partial charge is 0.261 e. The molecule has 2 heterocycles. The van der Waals surface area contributed by atoms with Gasteiger partial charge in [-0.3, -0.25) is 14.2 Å². The predicted octanol–water partition coefficient (Wildman–Crippen LogP) is 2.42. The SMILES string of the molecule is NC(=O)Cn1c(CSc2nccn2Cc2ccccc2)nc2ccccc2c1=O. The van der Waals surface area contributed by atoms with Crippen LogP contribution in [0.15, 0.2) is 76.9 Å². The van der Waals surface area contributed by atoms with Gasteiger partial charge in [-0.05, 0) is 17.7 Å². The summed E-state index contributed by atoms with van der Waals surface area (Å²) in [6.07, 6.45) is 3.66. The summed E-state index contributed by atoms with van der Waals surface area (Å²) in [5, 5.41) is 1.27. The Morgan fingerprint density at radius 3 is 2.62 bits per heavy atom. The van der Waals surface area contributed by atoms with Gasteiger partial charge in [0.25, 0.3) is 5.56 Å². The molecule has 0 spiro atoms. The Balaban J connectivity index is 1.63. The molecule has 0 aliphatic carbocycles. The van der Waals surface area contributed by atoms with Crippen molar-refractivity contribution in [2.75, 3.05) is 0 Å². The molecule has 0 saturated carbocycles. The molecule has 4 rings (SSSR count). The van der Waals surface area contributed by atoms with Crippen molar-refractivity contribution in [3.8, 4) is 0 Å². The molecule has 2 aromatic heterocycles. The van der Waals surface area contributed by atoms with Crippen molar-refractivity contribution in [2.45, 2.75) is 24.0 Å². The van der Waals surface area contributed by atoms with Crippen LogP contribution in [0.2, 0.25) is 0 Å². The van der Waals surface area contributed by atoms with Crippen LogP contribution in [0, 0.1) is 0 Å². The summed E-state index contributed by atoms with van der Waals surface area (Å²) < 4.78 is 3.39. The Kier molecular flexibility index (Phi) is 5.44. The van der Waals surface area contributed by atoms with Crippen LogP contribution in [0.3, 0.4) is 0 Å². The lowest BCUT2D eigenvalue weighted by Crippen LogP contribution is -2.31. The van der Waals surface area contributed by atoms with Gasteiger partial charge >= 0.3 is 0 Å². The molecule has 0 atom stereocenters. The normalized spacial score (nSPS) is 11.0. The van der Waals surface area contributed by atoms with E-state index in [2.05, 4.69) is 22.1 Å². The van der Waals surface area contributed by atoms with Gasteiger partial charge in [-0.2, -0.15) is 0 Å². The van der Waals surface area contributed by atoms with Crippen LogP contribution in [0.1, 0.15) is 11.4 Å². The summed E-state index contributed by atoms with van der Waals surface area (Å²) in [6.45, 7) is 0.493. The lowest BCUT2D eigenvalue weighted by Gasteiger charge is -2.12. The number of benzene rings is 2. The molecule has 0 fully saturated rings. The average Bonchev–Trinajstić information content (AvgIpc) is 3.16. The number of amides is 1. The van der Waals surface area contributed by atoms with Gasteiger partial charge in [-0.1, -0.05) is 54.2 Å². The molecule has 0 radical (unpaired) electrons. The largest absolute Gasteiger partial charge is 0.368 e. The van der Waals surface area contributed by atoms with Crippen LogP contribution in [-0.4, -0.2) is 25.0 Å². The number of thioether (sulfide) groups is 1. The Bertz CT molecular complexity index is 1220. The minimum atomic E-state index is -0.582. The second-order valence-corrected chi connectivity index (χ2v) is 7.46. The summed E-state index contributed by atoms with van der Waals surface area (Å²) in [6, 6.07) is 17.2. The molecule has 0 saturated heterocycles. The molecule has 0 aliphatic rings. The van der Waals surface area contributed by atoms with Gasteiger partial charge in [-0.25, -0.2) is 9.97 Å². The summed E-state index contributed by atoms with van der Waals surface area (Å²) in [7, 11) is 0. The van der Waals surface area contributed by atoms with Gasteiger partial charge in [-0.15, -0.1) is 0 Å². The van der Waals surface area contributed by atoms with Gasteiger partial charge in [0.05, 0.1) is 16.7 Å². The topological polar surface area (TPSA) is 95.8 Å². The lowest BCUT2D eigenvalue weighted by molar-refractivity contribution is -0.118. The Morgan fingerprint density at radius 2 is 1.83 bits per heavy atom. The van der Waals surface area contributed by atoms with Crippen molar-refractivity contribution >= 4 is 28.6 Å². The van der Waals surface area contributed by atoms with E-state index in [0.717, 1.165) is 5.16 Å². The van der Waals surface area contributed by atoms with Crippen molar-refractivity contribution in [2.24, 2.45) is 5.73 Å². The monoisotopic (exact) mass is 405 g/mol. The van der Waals surface area contributed by atoms with Crippen molar-refractivity contribution in [3.63, 3.8) is 0 Å². The first-order chi connectivity index (χ1) is 14.1. The van der Waals surface area contributed by atoms with Crippen LogP contribution in [0.4, 0.5) is 0 Å². The molecule has 0 bridgehead atoms. The first-order valence-electron chi connectivity index (χ1n) is 9.06. The van der Waals surface area contributed by atoms with Crippen LogP contribution < -0.4 is 11.3 Å². The zero-order valence-corrected chi connectivity index (χ0v) is 16.4. The number of nitrogens with zero attached hydrogens (tertiary/aromatic N) is 4. The molecule has 2 N–H and O–H groups in total. The minimum absolute atomic E-state index is 0.203. The van der Waals surface area contributed by atoms with Gasteiger partial charge in [0.15, 0.2) is 5.16 Å². The zero-order chi connectivity index (χ0) is 20.2. The second-order valence-electron chi connectivity index (χ2n) is 6.51. The quantitative estimate of drug-likeness (QED) is 0.477. The highest BCUT2D eigenvalue weighted by molar-refractivity contribution is 7.98. The number of rotatable bonds is 7. The zero-order valence-electron chi connectivity index (χ0n) is 15.6. The second kappa shape index (κ2) is 8.32. The van der Waals surface area contributed by atoms with E-state index < -0.39 is 5.91 Å². The van der Waals surface area contributed by atoms with E-state index in [1.165, 1.54) is 21.9 Å². The highest BCUT2D eigenvalue weighted by atomic mass is 32.2. The Morgan fingerprint density at radius 1 is 1.07 bits per heavy atom. The van der Waals surface area contributed by atoms with Crippen LogP contribution in [-0.2, 0) is 23.6 Å². The number of aromatic nitrogens is 4. The van der Waals surface area contributed by atoms with Crippen LogP contribution in [0.25, 0.3) is 10.9 Å². The number of nitrogens with two attached hydrogens (primary N) is 1. The maximum absolute atomic E-state index is 12.8. The summed E-state index contributed by atoms with van der Waals surface area (Å²) in [5.41, 5.74) is 6.86. The third-order valence-electron chi connectivity index (χ3n) is 4.46. The molecular formula is C21H19N5O2S. The molecule has 29 heavy (non-hydrogen) atoms. The van der Waals surface area contributed by atoms with Gasteiger partial charge in [0.1, 0.15) is 12.4 Å². The highest BCUT2D eigenvalue weighted by Crippen LogP contribution is 2.22. The van der Waals surface area contributed by atoms with Crippen LogP contribution >= 0.6 is 11.8 Å². The van der Waals surface area contributed by atoms with E-state index in [9.17, 15) is 9.59 Å². The predicted molar refractivity (Wildman–Crippen MR) is 113 cm³/mol. The van der Waals surface area contributed by atoms with E-state index in [0.29, 0.717) is 29.0 Å². The first kappa shape index (κ1) is 18.9. The molecule has 7 nitrogen and oxygen atoms in total. The van der Waals surface area contributed by atoms with E-state index in [1.807, 2.05) is 35.0 Å². The van der Waals surface area contributed by atoms with Crippen molar-refractivity contribution in [1.29, 1.82) is 0 Å². The number of hydrogen-bond donors (Lipinski definition) is 1. The van der Waals surface area contributed by atoms with Crippen molar-refractivity contribution < 1.29 is 4.79 Å². The number of fused-ring (bicyclic) bond motifs is 1. The molecule has 1 amide bonds. The van der Waals surface area contributed by atoms with Gasteiger partial charge < -0.3 is 10.3 Å². The number of primary amides is 1. The number of imidazole rings is 1. The molecule has 146 valence electrons. The summed E-state index contributed by atoms with van der Waals surface area (Å²) in [4.78, 5) is 33.4. The highest BCUT2D eigenvalue weighted by Gasteiger charge is 2.14. The number of carbonyl (C=O) groups excluding carboxylic acids is 1. The molecule has 8 heteroatoms. The van der Waals surface area contributed by atoms with E-state index in [-0.39, 0.29) is 12.1 Å². The Hall–Kier alpha value is -3.39. The summed E-state index contributed by atoms with van der Waals surface area (Å²) in [5.74, 6) is 0.298. The van der Waals surface area contributed by atoms with Gasteiger partial charge in [0.2, 0.25) is 5.91 Å². The third kappa shape index (κ3) is 4.22. The van der Waals surface area contributed by atoms with E-state index in [1.54, 1.807) is 24.4 Å². The lowest BCUT2D eigenvalue weighted by atomic mass is 10.2. The first-order valence-corrected chi connectivity index (χ1v) is 10.0. The molecule has 4 aromatic rings. The average molecular weight is 405 g/mol. The number of para-hydroxylation sites is 1. The third-order valence-corrected chi connectivity index (χ3v) is 5.46. The fourth-order valence-electron chi connectivity index (χ4n) is 3.11. The standard InChI is InChI=1S/C21H19N5O2S/c22-18(27)13-26-19(24-17-9-5-4-8-16(17)20(26)28)14-29-21-23-10-11-25(21)12-15-6-2-1-3-7-15/h1-11H,12-14H2,(H2,22,27). The Labute approximate surface area is 171 Å². The van der Waals surface area contributed by atoms with Gasteiger partial charge in [0, 0.05) is 18.9 Å². The van der Waals surface area contributed by atoms with Crippen molar-refractivity contribution in [3.05, 3.63) is 88.7 Å². The number of carbonyl (C=O) groups is 1. The fraction of sp³-hybridized carbons (Fsp3) is 0.143. The number of hydrogen-bond acceptors (Lipinski definition) is 5. The summed E-state index contributed by atoms with van der Waals surface area (Å²) >= 11 is 1.46. The maximum atomic E-state index is 12.8. The van der Waals surface area contributed by atoms with E-state index in [4.69, 9.17) is 5.73 Å². The molecule has 0 unspecified atom stereocenters. The maximum Gasteiger partial charge on any atom is 0.261 e. The molecular weight excluding hydrogens is 386 g/mol.